The van der Waals surface area contributed by atoms with Gasteiger partial charge in [0.25, 0.3) is 0 Å². The molecule has 5 nitrogen and oxygen atoms in total. The topological polar surface area (TPSA) is 59.6 Å². The van der Waals surface area contributed by atoms with Crippen LogP contribution in [0.2, 0.25) is 0 Å². The maximum atomic E-state index is 9.13. The van der Waals surface area contributed by atoms with E-state index in [1.54, 1.807) is 17.8 Å². The first-order valence-corrected chi connectivity index (χ1v) is 7.51. The Morgan fingerprint density at radius 1 is 1.52 bits per heavy atom. The molecule has 0 saturated heterocycles. The van der Waals surface area contributed by atoms with E-state index in [-0.39, 0.29) is 6.61 Å². The van der Waals surface area contributed by atoms with Crippen LogP contribution in [0.1, 0.15) is 20.8 Å². The number of ether oxygens (including phenoxy) is 1. The number of rotatable bonds is 5. The average Bonchev–Trinajstić information content (AvgIpc) is 2.88. The van der Waals surface area contributed by atoms with Gasteiger partial charge in [0.1, 0.15) is 11.6 Å². The number of aliphatic hydroxyl groups excluding tert-OH is 1. The summed E-state index contributed by atoms with van der Waals surface area (Å²) < 4.78 is 8.30. The van der Waals surface area contributed by atoms with Gasteiger partial charge >= 0.3 is 0 Å². The summed E-state index contributed by atoms with van der Waals surface area (Å²) >= 11 is 3.49. The molecule has 0 aliphatic heterocycles. The lowest BCUT2D eigenvalue weighted by atomic mass is 10.2. The van der Waals surface area contributed by atoms with E-state index in [0.29, 0.717) is 18.1 Å². The monoisotopic (exact) mass is 351 g/mol. The third-order valence-corrected chi connectivity index (χ3v) is 3.38. The molecule has 21 heavy (non-hydrogen) atoms. The molecule has 1 heterocycles. The van der Waals surface area contributed by atoms with Crippen LogP contribution in [-0.4, -0.2) is 33.8 Å². The predicted molar refractivity (Wildman–Crippen MR) is 88.7 cm³/mol. The molecule has 112 valence electrons. The second-order valence-corrected chi connectivity index (χ2v) is 5.39. The smallest absolute Gasteiger partial charge is 0.149 e. The molecular formula is C15H18BrN3O2. The first kappa shape index (κ1) is 15.7. The number of aliphatic imine (C=N–C) groups is 1. The molecule has 0 amide bonds. The van der Waals surface area contributed by atoms with Gasteiger partial charge in [-0.25, -0.2) is 9.67 Å². The number of nitrogens with zero attached hydrogens (tertiary/aromatic N) is 3. The summed E-state index contributed by atoms with van der Waals surface area (Å²) in [6.45, 7) is 6.12. The number of aromatic nitrogens is 2. The van der Waals surface area contributed by atoms with Crippen LogP contribution < -0.4 is 4.74 Å². The van der Waals surface area contributed by atoms with E-state index in [1.165, 1.54) is 0 Å². The van der Waals surface area contributed by atoms with Crippen LogP contribution >= 0.6 is 15.9 Å². The van der Waals surface area contributed by atoms with Gasteiger partial charge in [0.2, 0.25) is 0 Å². The Morgan fingerprint density at radius 2 is 2.29 bits per heavy atom. The number of hydrogen-bond donors (Lipinski definition) is 1. The molecule has 0 aliphatic rings. The van der Waals surface area contributed by atoms with E-state index in [2.05, 4.69) is 26.0 Å². The Hall–Kier alpha value is -1.66. The maximum absolute atomic E-state index is 9.13. The second kappa shape index (κ2) is 6.87. The van der Waals surface area contributed by atoms with E-state index in [1.807, 2.05) is 32.1 Å². The highest BCUT2D eigenvalue weighted by Crippen LogP contribution is 2.31. The van der Waals surface area contributed by atoms with E-state index >= 15 is 0 Å². The molecule has 0 aliphatic carbocycles. The van der Waals surface area contributed by atoms with Crippen molar-refractivity contribution in [3.8, 4) is 5.75 Å². The molecular weight excluding hydrogens is 334 g/mol. The van der Waals surface area contributed by atoms with Gasteiger partial charge in [-0.15, -0.1) is 0 Å². The molecule has 1 N–H and O–H groups in total. The molecule has 0 unspecified atom stereocenters. The van der Waals surface area contributed by atoms with Crippen LogP contribution in [0, 0.1) is 0 Å². The van der Waals surface area contributed by atoms with Crippen LogP contribution in [0.15, 0.2) is 33.9 Å². The van der Waals surface area contributed by atoms with E-state index < -0.39 is 0 Å². The van der Waals surface area contributed by atoms with Crippen molar-refractivity contribution in [2.24, 2.45) is 4.99 Å². The van der Waals surface area contributed by atoms with Crippen LogP contribution in [-0.2, 0) is 0 Å². The highest BCUT2D eigenvalue weighted by Gasteiger charge is 2.12. The first-order valence-electron chi connectivity index (χ1n) is 6.72. The fourth-order valence-electron chi connectivity index (χ4n) is 1.98. The molecule has 1 aromatic carbocycles. The summed E-state index contributed by atoms with van der Waals surface area (Å²) in [6.07, 6.45) is 3.62. The van der Waals surface area contributed by atoms with E-state index in [0.717, 1.165) is 21.1 Å². The second-order valence-electron chi connectivity index (χ2n) is 4.48. The van der Waals surface area contributed by atoms with Crippen molar-refractivity contribution in [1.82, 2.24) is 9.78 Å². The maximum Gasteiger partial charge on any atom is 0.149 e. The molecule has 0 fully saturated rings. The van der Waals surface area contributed by atoms with Crippen molar-refractivity contribution in [3.05, 3.63) is 28.9 Å². The van der Waals surface area contributed by atoms with Gasteiger partial charge in [-0.05, 0) is 39.0 Å². The minimum atomic E-state index is -0.0789. The molecule has 2 rings (SSSR count). The molecule has 2 aromatic rings. The van der Waals surface area contributed by atoms with Crippen molar-refractivity contribution < 1.29 is 9.84 Å². The SMILES string of the molecule is C/C=C(\N=C(/C)CO)n1ncc2c(OCC)cc(Br)cc21. The van der Waals surface area contributed by atoms with Gasteiger partial charge in [-0.2, -0.15) is 5.10 Å². The third-order valence-electron chi connectivity index (χ3n) is 2.92. The summed E-state index contributed by atoms with van der Waals surface area (Å²) in [6, 6.07) is 3.90. The lowest BCUT2D eigenvalue weighted by molar-refractivity contribution is 0.344. The predicted octanol–water partition coefficient (Wildman–Crippen LogP) is 3.47. The van der Waals surface area contributed by atoms with Gasteiger partial charge in [0.05, 0.1) is 30.3 Å². The Kier molecular flexibility index (Phi) is 5.14. The Morgan fingerprint density at radius 3 is 2.90 bits per heavy atom. The highest BCUT2D eigenvalue weighted by atomic mass is 79.9. The van der Waals surface area contributed by atoms with Crippen molar-refractivity contribution in [2.75, 3.05) is 13.2 Å². The molecule has 0 radical (unpaired) electrons. The largest absolute Gasteiger partial charge is 0.493 e. The summed E-state index contributed by atoms with van der Waals surface area (Å²) in [5.74, 6) is 1.45. The molecule has 6 heteroatoms. The van der Waals surface area contributed by atoms with E-state index in [9.17, 15) is 0 Å². The Bertz CT molecular complexity index is 704. The lowest BCUT2D eigenvalue weighted by Crippen LogP contribution is -2.03. The summed E-state index contributed by atoms with van der Waals surface area (Å²) in [7, 11) is 0. The third kappa shape index (κ3) is 3.33. The number of benzene rings is 1. The molecule has 0 bridgehead atoms. The minimum Gasteiger partial charge on any atom is -0.493 e. The first-order chi connectivity index (χ1) is 10.1. The van der Waals surface area contributed by atoms with Gasteiger partial charge < -0.3 is 9.84 Å². The quantitative estimate of drug-likeness (QED) is 0.839. The van der Waals surface area contributed by atoms with E-state index in [4.69, 9.17) is 9.84 Å². The van der Waals surface area contributed by atoms with Gasteiger partial charge in [0, 0.05) is 10.2 Å². The van der Waals surface area contributed by atoms with Gasteiger partial charge in [-0.3, -0.25) is 0 Å². The number of aliphatic hydroxyl groups is 1. The molecule has 0 atom stereocenters. The summed E-state index contributed by atoms with van der Waals surface area (Å²) in [5, 5.41) is 14.5. The van der Waals surface area contributed by atoms with Crippen molar-refractivity contribution in [2.45, 2.75) is 20.8 Å². The van der Waals surface area contributed by atoms with Gasteiger partial charge in [0.15, 0.2) is 0 Å². The van der Waals surface area contributed by atoms with Crippen LogP contribution in [0.4, 0.5) is 0 Å². The minimum absolute atomic E-state index is 0.0789. The van der Waals surface area contributed by atoms with Crippen molar-refractivity contribution in [3.63, 3.8) is 0 Å². The lowest BCUT2D eigenvalue weighted by Gasteiger charge is -2.08. The molecule has 1 aromatic heterocycles. The fraction of sp³-hybridized carbons (Fsp3) is 0.333. The summed E-state index contributed by atoms with van der Waals surface area (Å²) in [4.78, 5) is 4.38. The zero-order valence-corrected chi connectivity index (χ0v) is 13.9. The average molecular weight is 352 g/mol. The van der Waals surface area contributed by atoms with Crippen LogP contribution in [0.3, 0.4) is 0 Å². The fourth-order valence-corrected chi connectivity index (χ4v) is 2.41. The van der Waals surface area contributed by atoms with Crippen molar-refractivity contribution in [1.29, 1.82) is 0 Å². The standard InChI is InChI=1S/C15H18BrN3O2/c1-4-15(18-10(3)9-20)19-13-6-11(16)7-14(21-5-2)12(13)8-17-19/h4,6-8,20H,5,9H2,1-3H3/b15-4+,18-10+. The van der Waals surface area contributed by atoms with Crippen molar-refractivity contribution >= 4 is 38.4 Å². The normalized spacial score (nSPS) is 13.0. The molecule has 0 saturated carbocycles. The Labute approximate surface area is 132 Å². The molecule has 0 spiro atoms. The zero-order valence-electron chi connectivity index (χ0n) is 12.3. The number of allylic oxidation sites excluding steroid dienone is 1. The zero-order chi connectivity index (χ0) is 15.4. The number of hydrogen-bond acceptors (Lipinski definition) is 4. The van der Waals surface area contributed by atoms with Crippen LogP contribution in [0.25, 0.3) is 16.7 Å². The van der Waals surface area contributed by atoms with Crippen LogP contribution in [0.5, 0.6) is 5.75 Å². The number of fused-ring (bicyclic) bond motifs is 1. The highest BCUT2D eigenvalue weighted by molar-refractivity contribution is 9.10. The Balaban J connectivity index is 2.60. The summed E-state index contributed by atoms with van der Waals surface area (Å²) in [5.41, 5.74) is 1.53. The van der Waals surface area contributed by atoms with Gasteiger partial charge in [-0.1, -0.05) is 15.9 Å². The number of halogens is 1.